The fraction of sp³-hybridized carbons (Fsp3) is 0.579. The van der Waals surface area contributed by atoms with Crippen molar-refractivity contribution < 1.29 is 9.53 Å². The molecular weight excluding hydrogens is 302 g/mol. The van der Waals surface area contributed by atoms with Crippen LogP contribution in [0, 0.1) is 11.3 Å². The van der Waals surface area contributed by atoms with Gasteiger partial charge in [-0.25, -0.2) is 0 Å². The first kappa shape index (κ1) is 16.9. The zero-order valence-electron chi connectivity index (χ0n) is 14.3. The number of amides is 1. The molecule has 0 saturated carbocycles. The molecule has 3 rings (SSSR count). The van der Waals surface area contributed by atoms with Gasteiger partial charge in [-0.2, -0.15) is 5.26 Å². The molecule has 1 unspecified atom stereocenters. The molecule has 2 fully saturated rings. The van der Waals surface area contributed by atoms with Gasteiger partial charge in [0.1, 0.15) is 0 Å². The smallest absolute Gasteiger partial charge is 0.224 e. The van der Waals surface area contributed by atoms with E-state index in [2.05, 4.69) is 11.0 Å². The van der Waals surface area contributed by atoms with Crippen molar-refractivity contribution in [1.29, 1.82) is 5.26 Å². The summed E-state index contributed by atoms with van der Waals surface area (Å²) in [5.41, 5.74) is 1.55. The van der Waals surface area contributed by atoms with Crippen LogP contribution in [-0.4, -0.2) is 54.6 Å². The van der Waals surface area contributed by atoms with Crippen molar-refractivity contribution in [2.24, 2.45) is 0 Å². The number of carbonyl (C=O) groups excluding carboxylic acids is 1. The highest BCUT2D eigenvalue weighted by Gasteiger charge is 2.47. The quantitative estimate of drug-likeness (QED) is 0.831. The number of methoxy groups -OCH3 is 1. The second kappa shape index (κ2) is 7.33. The van der Waals surface area contributed by atoms with Crippen molar-refractivity contribution in [2.45, 2.75) is 37.8 Å². The highest BCUT2D eigenvalue weighted by molar-refractivity contribution is 5.80. The predicted molar refractivity (Wildman–Crippen MR) is 91.2 cm³/mol. The van der Waals surface area contributed by atoms with Gasteiger partial charge in [-0.3, -0.25) is 9.69 Å². The third-order valence-electron chi connectivity index (χ3n) is 5.37. The maximum atomic E-state index is 12.7. The van der Waals surface area contributed by atoms with E-state index in [-0.39, 0.29) is 11.4 Å². The van der Waals surface area contributed by atoms with E-state index in [4.69, 9.17) is 4.74 Å². The Labute approximate surface area is 143 Å². The van der Waals surface area contributed by atoms with Crippen LogP contribution in [0.25, 0.3) is 0 Å². The number of benzene rings is 1. The third kappa shape index (κ3) is 3.31. The summed E-state index contributed by atoms with van der Waals surface area (Å²) in [6.07, 6.45) is 4.03. The van der Waals surface area contributed by atoms with E-state index in [0.717, 1.165) is 31.6 Å². The third-order valence-corrected chi connectivity index (χ3v) is 5.37. The number of hydrogen-bond donors (Lipinski definition) is 0. The van der Waals surface area contributed by atoms with Crippen LogP contribution in [0.2, 0.25) is 0 Å². The Hall–Kier alpha value is -1.90. The molecule has 2 heterocycles. The number of piperidine rings is 1. The van der Waals surface area contributed by atoms with E-state index in [1.807, 2.05) is 29.2 Å². The highest BCUT2D eigenvalue weighted by Crippen LogP contribution is 2.37. The minimum Gasteiger partial charge on any atom is -0.383 e. The lowest BCUT2D eigenvalue weighted by molar-refractivity contribution is -0.128. The second-order valence-electron chi connectivity index (χ2n) is 6.86. The van der Waals surface area contributed by atoms with Gasteiger partial charge < -0.3 is 9.64 Å². The van der Waals surface area contributed by atoms with Gasteiger partial charge in [-0.15, -0.1) is 0 Å². The van der Waals surface area contributed by atoms with Crippen molar-refractivity contribution in [3.63, 3.8) is 0 Å². The van der Waals surface area contributed by atoms with E-state index in [1.165, 1.54) is 12.8 Å². The summed E-state index contributed by atoms with van der Waals surface area (Å²) in [5.74, 6) is 0.201. The monoisotopic (exact) mass is 327 g/mol. The van der Waals surface area contributed by atoms with Crippen LogP contribution in [0.3, 0.4) is 0 Å². The maximum Gasteiger partial charge on any atom is 0.224 e. The lowest BCUT2D eigenvalue weighted by atomic mass is 9.85. The molecule has 0 aromatic heterocycles. The average molecular weight is 327 g/mol. The highest BCUT2D eigenvalue weighted by atomic mass is 16.5. The van der Waals surface area contributed by atoms with Crippen LogP contribution in [0.5, 0.6) is 0 Å². The van der Waals surface area contributed by atoms with E-state index in [9.17, 15) is 10.1 Å². The summed E-state index contributed by atoms with van der Waals surface area (Å²) in [7, 11) is 1.72. The number of ether oxygens (including phenoxy) is 1. The Morgan fingerprint density at radius 1 is 1.33 bits per heavy atom. The Bertz CT molecular complexity index is 640. The second-order valence-corrected chi connectivity index (χ2v) is 6.86. The van der Waals surface area contributed by atoms with Gasteiger partial charge in [-0.05, 0) is 31.0 Å². The standard InChI is InChI=1S/C19H25N3O2/c1-24-11-10-22-9-5-4-8-19(22)12-18(23)21(15-19)14-17-7-3-2-6-16(17)13-20/h2-3,6-7H,4-5,8-12,14-15H2,1H3. The SMILES string of the molecule is COCCN1CCCCC12CC(=O)N(Cc1ccccc1C#N)C2. The number of nitriles is 1. The molecule has 0 N–H and O–H groups in total. The van der Waals surface area contributed by atoms with Gasteiger partial charge in [-0.1, -0.05) is 24.6 Å². The van der Waals surface area contributed by atoms with E-state index < -0.39 is 0 Å². The number of likely N-dealkylation sites (tertiary alicyclic amines) is 2. The molecular formula is C19H25N3O2. The van der Waals surface area contributed by atoms with E-state index in [1.54, 1.807) is 7.11 Å². The Morgan fingerprint density at radius 3 is 2.96 bits per heavy atom. The number of hydrogen-bond acceptors (Lipinski definition) is 4. The molecule has 2 saturated heterocycles. The summed E-state index contributed by atoms with van der Waals surface area (Å²) in [6.45, 7) is 3.91. The lowest BCUT2D eigenvalue weighted by Gasteiger charge is -2.44. The molecule has 5 nitrogen and oxygen atoms in total. The van der Waals surface area contributed by atoms with E-state index in [0.29, 0.717) is 25.1 Å². The Morgan fingerprint density at radius 2 is 2.17 bits per heavy atom. The van der Waals surface area contributed by atoms with Crippen molar-refractivity contribution in [1.82, 2.24) is 9.80 Å². The maximum absolute atomic E-state index is 12.7. The summed E-state index contributed by atoms with van der Waals surface area (Å²) in [4.78, 5) is 17.0. The van der Waals surface area contributed by atoms with Gasteiger partial charge in [0.15, 0.2) is 0 Å². The number of carbonyl (C=O) groups is 1. The molecule has 24 heavy (non-hydrogen) atoms. The molecule has 0 aliphatic carbocycles. The molecule has 5 heteroatoms. The van der Waals surface area contributed by atoms with Gasteiger partial charge >= 0.3 is 0 Å². The zero-order chi connectivity index (χ0) is 17.0. The van der Waals surface area contributed by atoms with Gasteiger partial charge in [0.2, 0.25) is 5.91 Å². The fourth-order valence-corrected chi connectivity index (χ4v) is 4.09. The normalized spacial score (nSPS) is 24.5. The first-order valence-electron chi connectivity index (χ1n) is 8.68. The Balaban J connectivity index is 1.75. The molecule has 128 valence electrons. The van der Waals surface area contributed by atoms with Crippen molar-refractivity contribution >= 4 is 5.91 Å². The number of nitrogens with zero attached hydrogens (tertiary/aromatic N) is 3. The summed E-state index contributed by atoms with van der Waals surface area (Å²) in [5, 5.41) is 9.26. The molecule has 1 spiro atoms. The predicted octanol–water partition coefficient (Wildman–Crippen LogP) is 2.16. The fourth-order valence-electron chi connectivity index (χ4n) is 4.09. The van der Waals surface area contributed by atoms with Gasteiger partial charge in [0.05, 0.1) is 18.2 Å². The topological polar surface area (TPSA) is 56.6 Å². The van der Waals surface area contributed by atoms with Crippen molar-refractivity contribution in [3.05, 3.63) is 35.4 Å². The van der Waals surface area contributed by atoms with Crippen molar-refractivity contribution in [3.8, 4) is 6.07 Å². The zero-order valence-corrected chi connectivity index (χ0v) is 14.3. The average Bonchev–Trinajstić information content (AvgIpc) is 2.90. The van der Waals surface area contributed by atoms with Crippen LogP contribution < -0.4 is 0 Å². The summed E-state index contributed by atoms with van der Waals surface area (Å²) in [6, 6.07) is 9.78. The first-order valence-corrected chi connectivity index (χ1v) is 8.68. The largest absolute Gasteiger partial charge is 0.383 e. The summed E-state index contributed by atoms with van der Waals surface area (Å²) < 4.78 is 5.25. The van der Waals surface area contributed by atoms with Crippen LogP contribution in [0.4, 0.5) is 0 Å². The summed E-state index contributed by atoms with van der Waals surface area (Å²) >= 11 is 0. The van der Waals surface area contributed by atoms with Crippen LogP contribution in [0.1, 0.15) is 36.8 Å². The first-order chi connectivity index (χ1) is 11.7. The Kier molecular flexibility index (Phi) is 5.17. The molecule has 2 aliphatic rings. The van der Waals surface area contributed by atoms with Gasteiger partial charge in [0.25, 0.3) is 0 Å². The molecule has 1 aromatic rings. The van der Waals surface area contributed by atoms with Crippen molar-refractivity contribution in [2.75, 3.05) is 33.4 Å². The molecule has 1 atom stereocenters. The van der Waals surface area contributed by atoms with Crippen LogP contribution >= 0.6 is 0 Å². The molecule has 2 aliphatic heterocycles. The minimum atomic E-state index is -0.0462. The molecule has 0 bridgehead atoms. The molecule has 1 aromatic carbocycles. The molecule has 0 radical (unpaired) electrons. The van der Waals surface area contributed by atoms with Crippen LogP contribution in [0.15, 0.2) is 24.3 Å². The van der Waals surface area contributed by atoms with Gasteiger partial charge in [0, 0.05) is 38.7 Å². The lowest BCUT2D eigenvalue weighted by Crippen LogP contribution is -2.54. The van der Waals surface area contributed by atoms with Crippen LogP contribution in [-0.2, 0) is 16.1 Å². The molecule has 1 amide bonds. The van der Waals surface area contributed by atoms with E-state index >= 15 is 0 Å². The minimum absolute atomic E-state index is 0.0462. The number of rotatable bonds is 5.